The number of halogens is 3. The third kappa shape index (κ3) is 5.83. The van der Waals surface area contributed by atoms with Crippen molar-refractivity contribution in [1.29, 1.82) is 0 Å². The first kappa shape index (κ1) is 18.1. The lowest BCUT2D eigenvalue weighted by atomic mass is 10.0. The summed E-state index contributed by atoms with van der Waals surface area (Å²) < 4.78 is 42.6. The van der Waals surface area contributed by atoms with E-state index in [1.54, 1.807) is 0 Å². The van der Waals surface area contributed by atoms with Gasteiger partial charge in [-0.15, -0.1) is 0 Å². The highest BCUT2D eigenvalue weighted by Crippen LogP contribution is 2.23. The van der Waals surface area contributed by atoms with Gasteiger partial charge in [-0.05, 0) is 6.92 Å². The summed E-state index contributed by atoms with van der Waals surface area (Å²) in [7, 11) is 0.994. The summed E-state index contributed by atoms with van der Waals surface area (Å²) in [5.41, 5.74) is 2.54. The number of nitrogens with zero attached hydrogens (tertiary/aromatic N) is 1. The number of allylic oxidation sites excluding steroid dienone is 1. The van der Waals surface area contributed by atoms with Gasteiger partial charge in [0.2, 0.25) is 0 Å². The molecule has 6 nitrogen and oxygen atoms in total. The molecule has 0 aromatic rings. The molecule has 0 aliphatic rings. The molecule has 0 saturated carbocycles. The van der Waals surface area contributed by atoms with Gasteiger partial charge in [0.25, 0.3) is 0 Å². The molecule has 0 radical (unpaired) electrons. The van der Waals surface area contributed by atoms with Crippen molar-refractivity contribution in [3.05, 3.63) is 11.8 Å². The van der Waals surface area contributed by atoms with E-state index in [1.165, 1.54) is 6.92 Å². The van der Waals surface area contributed by atoms with Gasteiger partial charge in [-0.25, -0.2) is 0 Å². The number of aliphatic hydroxyl groups excluding tert-OH is 1. The predicted molar refractivity (Wildman–Crippen MR) is 63.9 cm³/mol. The largest absolute Gasteiger partial charge is 0.469 e. The first-order chi connectivity index (χ1) is 9.13. The van der Waals surface area contributed by atoms with Crippen LogP contribution in [0.3, 0.4) is 0 Å². The quantitative estimate of drug-likeness (QED) is 0.318. The number of aliphatic hydroxyl groups is 1. The summed E-state index contributed by atoms with van der Waals surface area (Å²) in [5.74, 6) is -2.16. The number of aliphatic imine (C=N–C) groups is 1. The van der Waals surface area contributed by atoms with E-state index in [0.717, 1.165) is 7.11 Å². The van der Waals surface area contributed by atoms with Gasteiger partial charge in [0, 0.05) is 6.20 Å². The first-order valence-corrected chi connectivity index (χ1v) is 5.45. The molecule has 114 valence electrons. The maximum absolute atomic E-state index is 12.8. The lowest BCUT2D eigenvalue weighted by Crippen LogP contribution is -2.31. The van der Waals surface area contributed by atoms with Gasteiger partial charge < -0.3 is 15.6 Å². The maximum Gasteiger partial charge on any atom is 0.433 e. The van der Waals surface area contributed by atoms with Gasteiger partial charge in [0.1, 0.15) is 6.42 Å². The number of ketones is 1. The highest BCUT2D eigenvalue weighted by atomic mass is 19.4. The topological polar surface area (TPSA) is 102 Å². The Morgan fingerprint density at radius 1 is 1.45 bits per heavy atom. The van der Waals surface area contributed by atoms with E-state index >= 15 is 0 Å². The molecule has 0 spiro atoms. The third-order valence-electron chi connectivity index (χ3n) is 2.04. The van der Waals surface area contributed by atoms with E-state index in [-0.39, 0.29) is 0 Å². The normalized spacial score (nSPS) is 14.9. The predicted octanol–water partition coefficient (Wildman–Crippen LogP) is 0.345. The van der Waals surface area contributed by atoms with Gasteiger partial charge in [0.05, 0.1) is 25.3 Å². The standard InChI is InChI=1S/C11H15F3N2O4/c1-6(17)5-16-10(11(12,13)14)7(4-15)8(18)3-9(19)20-2/h4,6,17H,3,5,15H2,1-2H3/t6-/m0/s1. The molecule has 0 bridgehead atoms. The second kappa shape index (κ2) is 7.63. The summed E-state index contributed by atoms with van der Waals surface area (Å²) >= 11 is 0. The first-order valence-electron chi connectivity index (χ1n) is 5.45. The zero-order valence-corrected chi connectivity index (χ0v) is 10.9. The van der Waals surface area contributed by atoms with Crippen molar-refractivity contribution >= 4 is 17.5 Å². The van der Waals surface area contributed by atoms with Crippen molar-refractivity contribution in [2.45, 2.75) is 25.6 Å². The van der Waals surface area contributed by atoms with Gasteiger partial charge >= 0.3 is 12.1 Å². The van der Waals surface area contributed by atoms with Crippen LogP contribution in [0.4, 0.5) is 13.2 Å². The number of alkyl halides is 3. The summed E-state index contributed by atoms with van der Waals surface area (Å²) in [6.07, 6.45) is -6.52. The van der Waals surface area contributed by atoms with Crippen LogP contribution in [0.25, 0.3) is 0 Å². The minimum absolute atomic E-state index is 0.430. The van der Waals surface area contributed by atoms with Crippen molar-refractivity contribution in [1.82, 2.24) is 0 Å². The number of hydrogen-bond acceptors (Lipinski definition) is 6. The molecule has 0 amide bonds. The second-order valence-corrected chi connectivity index (χ2v) is 3.79. The fraction of sp³-hybridized carbons (Fsp3) is 0.545. The fourth-order valence-electron chi connectivity index (χ4n) is 1.15. The van der Waals surface area contributed by atoms with Crippen molar-refractivity contribution in [3.63, 3.8) is 0 Å². The molecule has 3 N–H and O–H groups in total. The molecular weight excluding hydrogens is 281 g/mol. The SMILES string of the molecule is COC(=O)CC(=O)C(=CN)C(=NC[C@H](C)O)C(F)(F)F. The molecule has 0 aliphatic carbocycles. The highest BCUT2D eigenvalue weighted by Gasteiger charge is 2.40. The van der Waals surface area contributed by atoms with Crippen molar-refractivity contribution < 1.29 is 32.6 Å². The Hall–Kier alpha value is -1.90. The summed E-state index contributed by atoms with van der Waals surface area (Å²) in [4.78, 5) is 25.6. The Labute approximate surface area is 113 Å². The third-order valence-corrected chi connectivity index (χ3v) is 2.04. The average Bonchev–Trinajstić information content (AvgIpc) is 2.31. The number of rotatable bonds is 6. The summed E-state index contributed by atoms with van der Waals surface area (Å²) in [6.45, 7) is 0.678. The van der Waals surface area contributed by atoms with Crippen LogP contribution in [0.1, 0.15) is 13.3 Å². The Morgan fingerprint density at radius 3 is 2.35 bits per heavy atom. The zero-order chi connectivity index (χ0) is 15.9. The van der Waals surface area contributed by atoms with Gasteiger partial charge in [-0.3, -0.25) is 14.6 Å². The van der Waals surface area contributed by atoms with Crippen LogP contribution in [-0.2, 0) is 14.3 Å². The molecule has 1 atom stereocenters. The van der Waals surface area contributed by atoms with Crippen LogP contribution in [0.15, 0.2) is 16.8 Å². The van der Waals surface area contributed by atoms with Crippen LogP contribution in [0, 0.1) is 0 Å². The van der Waals surface area contributed by atoms with Gasteiger partial charge in [-0.1, -0.05) is 0 Å². The Balaban J connectivity index is 5.37. The molecule has 0 saturated heterocycles. The lowest BCUT2D eigenvalue weighted by Gasteiger charge is -2.13. The monoisotopic (exact) mass is 296 g/mol. The molecule has 9 heteroatoms. The van der Waals surface area contributed by atoms with Gasteiger partial charge in [-0.2, -0.15) is 13.2 Å². The van der Waals surface area contributed by atoms with E-state index < -0.39 is 48.3 Å². The molecule has 0 rings (SSSR count). The number of nitrogens with two attached hydrogens (primary N) is 1. The number of carbonyl (C=O) groups is 2. The molecule has 0 aliphatic heterocycles. The molecule has 0 fully saturated rings. The van der Waals surface area contributed by atoms with Gasteiger partial charge in [0.15, 0.2) is 11.5 Å². The van der Waals surface area contributed by atoms with Crippen LogP contribution < -0.4 is 5.73 Å². The Kier molecular flexibility index (Phi) is 6.91. The Bertz CT molecular complexity index is 428. The van der Waals surface area contributed by atoms with E-state index in [9.17, 15) is 22.8 Å². The van der Waals surface area contributed by atoms with Crippen molar-refractivity contribution in [2.24, 2.45) is 10.7 Å². The van der Waals surface area contributed by atoms with Crippen molar-refractivity contribution in [3.8, 4) is 0 Å². The molecule has 20 heavy (non-hydrogen) atoms. The molecule has 0 unspecified atom stereocenters. The van der Waals surface area contributed by atoms with Crippen LogP contribution in [-0.4, -0.2) is 48.5 Å². The number of methoxy groups -OCH3 is 1. The summed E-state index contributed by atoms with van der Waals surface area (Å²) in [6, 6.07) is 0. The minimum Gasteiger partial charge on any atom is -0.469 e. The lowest BCUT2D eigenvalue weighted by molar-refractivity contribution is -0.142. The van der Waals surface area contributed by atoms with E-state index in [0.29, 0.717) is 6.20 Å². The maximum atomic E-state index is 12.8. The van der Waals surface area contributed by atoms with E-state index in [4.69, 9.17) is 10.8 Å². The van der Waals surface area contributed by atoms with Crippen LogP contribution in [0.2, 0.25) is 0 Å². The molecule has 0 aromatic carbocycles. The summed E-state index contributed by atoms with van der Waals surface area (Å²) in [5, 5.41) is 8.96. The van der Waals surface area contributed by atoms with Crippen molar-refractivity contribution in [2.75, 3.05) is 13.7 Å². The number of Topliss-reactive ketones (excluding diaryl/α,β-unsaturated/α-hetero) is 1. The molecular formula is C11H15F3N2O4. The number of hydrogen-bond donors (Lipinski definition) is 2. The second-order valence-electron chi connectivity index (χ2n) is 3.79. The minimum atomic E-state index is -4.94. The zero-order valence-electron chi connectivity index (χ0n) is 10.9. The smallest absolute Gasteiger partial charge is 0.433 e. The number of ether oxygens (including phenoxy) is 1. The fourth-order valence-corrected chi connectivity index (χ4v) is 1.15. The van der Waals surface area contributed by atoms with Crippen LogP contribution >= 0.6 is 0 Å². The number of esters is 1. The van der Waals surface area contributed by atoms with E-state index in [2.05, 4.69) is 9.73 Å². The average molecular weight is 296 g/mol. The molecule has 0 heterocycles. The van der Waals surface area contributed by atoms with Crippen LogP contribution in [0.5, 0.6) is 0 Å². The molecule has 0 aromatic heterocycles. The highest BCUT2D eigenvalue weighted by molar-refractivity contribution is 6.26. The Morgan fingerprint density at radius 2 is 2.00 bits per heavy atom. The number of carbonyl (C=O) groups excluding carboxylic acids is 2. The van der Waals surface area contributed by atoms with E-state index in [1.807, 2.05) is 0 Å².